The fraction of sp³-hybridized carbons (Fsp3) is 0.125. The summed E-state index contributed by atoms with van der Waals surface area (Å²) in [5, 5.41) is 3.37. The van der Waals surface area contributed by atoms with E-state index in [0.717, 1.165) is 23.5 Å². The second-order valence-electron chi connectivity index (χ2n) is 4.74. The molecule has 2 heterocycles. The lowest BCUT2D eigenvalue weighted by Gasteiger charge is -2.08. The van der Waals surface area contributed by atoms with E-state index in [2.05, 4.69) is 45.6 Å². The Balaban J connectivity index is 1.67. The molecule has 0 amide bonds. The number of aromatic nitrogens is 3. The molecule has 0 spiro atoms. The largest absolute Gasteiger partial charge is 0.380 e. The number of hydrogen-bond donors (Lipinski definition) is 1. The maximum Gasteiger partial charge on any atom is 0.0991 e. The zero-order chi connectivity index (χ0) is 13.8. The number of imidazole rings is 1. The Kier molecular flexibility index (Phi) is 3.46. The van der Waals surface area contributed by atoms with Crippen molar-refractivity contribution in [2.75, 3.05) is 5.32 Å². The topological polar surface area (TPSA) is 42.7 Å². The normalized spacial score (nSPS) is 10.4. The molecule has 4 heteroatoms. The standard InChI is InChI=1S/C16H16N4/c1-13-8-15(11-18-9-13)19-10-14-2-4-16(5-3-14)20-7-6-17-12-20/h2-9,11-12,19H,10H2,1H3. The number of rotatable bonds is 4. The van der Waals surface area contributed by atoms with Crippen molar-refractivity contribution in [1.29, 1.82) is 0 Å². The number of anilines is 1. The Morgan fingerprint density at radius 3 is 2.65 bits per heavy atom. The molecule has 1 aromatic carbocycles. The summed E-state index contributed by atoms with van der Waals surface area (Å²) in [7, 11) is 0. The van der Waals surface area contributed by atoms with Crippen LogP contribution in [-0.4, -0.2) is 14.5 Å². The number of nitrogens with zero attached hydrogens (tertiary/aromatic N) is 3. The summed E-state index contributed by atoms with van der Waals surface area (Å²) in [4.78, 5) is 8.22. The van der Waals surface area contributed by atoms with Crippen LogP contribution in [0, 0.1) is 6.92 Å². The van der Waals surface area contributed by atoms with E-state index in [-0.39, 0.29) is 0 Å². The van der Waals surface area contributed by atoms with E-state index in [0.29, 0.717) is 0 Å². The fourth-order valence-corrected chi connectivity index (χ4v) is 2.05. The van der Waals surface area contributed by atoms with E-state index in [9.17, 15) is 0 Å². The molecule has 1 N–H and O–H groups in total. The van der Waals surface area contributed by atoms with Crippen molar-refractivity contribution < 1.29 is 0 Å². The highest BCUT2D eigenvalue weighted by atomic mass is 15.0. The van der Waals surface area contributed by atoms with Gasteiger partial charge in [-0.1, -0.05) is 12.1 Å². The molecular weight excluding hydrogens is 248 g/mol. The minimum Gasteiger partial charge on any atom is -0.380 e. The summed E-state index contributed by atoms with van der Waals surface area (Å²) in [6, 6.07) is 10.5. The van der Waals surface area contributed by atoms with Gasteiger partial charge in [0, 0.05) is 37.0 Å². The highest BCUT2D eigenvalue weighted by molar-refractivity contribution is 5.44. The first-order chi connectivity index (χ1) is 9.81. The summed E-state index contributed by atoms with van der Waals surface area (Å²) in [5.41, 5.74) is 4.55. The molecule has 2 aromatic heterocycles. The van der Waals surface area contributed by atoms with Crippen LogP contribution in [0.3, 0.4) is 0 Å². The number of hydrogen-bond acceptors (Lipinski definition) is 3. The third-order valence-corrected chi connectivity index (χ3v) is 3.11. The number of pyridine rings is 1. The van der Waals surface area contributed by atoms with Gasteiger partial charge in [-0.15, -0.1) is 0 Å². The average molecular weight is 264 g/mol. The molecule has 100 valence electrons. The summed E-state index contributed by atoms with van der Waals surface area (Å²) in [5.74, 6) is 0. The minimum absolute atomic E-state index is 0.787. The van der Waals surface area contributed by atoms with Crippen molar-refractivity contribution in [3.05, 3.63) is 72.6 Å². The van der Waals surface area contributed by atoms with E-state index in [1.54, 1.807) is 12.5 Å². The monoisotopic (exact) mass is 264 g/mol. The smallest absolute Gasteiger partial charge is 0.0991 e. The Labute approximate surface area is 118 Å². The van der Waals surface area contributed by atoms with Crippen LogP contribution >= 0.6 is 0 Å². The summed E-state index contributed by atoms with van der Waals surface area (Å²) >= 11 is 0. The number of nitrogens with one attached hydrogen (secondary N) is 1. The fourth-order valence-electron chi connectivity index (χ4n) is 2.05. The number of aryl methyl sites for hydroxylation is 1. The van der Waals surface area contributed by atoms with E-state index in [1.165, 1.54) is 5.56 Å². The van der Waals surface area contributed by atoms with E-state index in [1.807, 2.05) is 30.1 Å². The van der Waals surface area contributed by atoms with Crippen LogP contribution in [0.25, 0.3) is 5.69 Å². The summed E-state index contributed by atoms with van der Waals surface area (Å²) < 4.78 is 1.99. The molecule has 3 rings (SSSR count). The van der Waals surface area contributed by atoms with Gasteiger partial charge in [0.2, 0.25) is 0 Å². The van der Waals surface area contributed by atoms with Crippen LogP contribution < -0.4 is 5.32 Å². The Bertz CT molecular complexity index is 672. The molecular formula is C16H16N4. The van der Waals surface area contributed by atoms with Crippen LogP contribution in [0.5, 0.6) is 0 Å². The molecule has 0 atom stereocenters. The SMILES string of the molecule is Cc1cncc(NCc2ccc(-n3ccnc3)cc2)c1. The molecule has 4 nitrogen and oxygen atoms in total. The second kappa shape index (κ2) is 5.57. The van der Waals surface area contributed by atoms with E-state index in [4.69, 9.17) is 0 Å². The molecule has 0 aliphatic carbocycles. The summed E-state index contributed by atoms with van der Waals surface area (Å²) in [6.07, 6.45) is 9.20. The maximum absolute atomic E-state index is 4.17. The van der Waals surface area contributed by atoms with Crippen molar-refractivity contribution >= 4 is 5.69 Å². The van der Waals surface area contributed by atoms with Crippen molar-refractivity contribution in [1.82, 2.24) is 14.5 Å². The van der Waals surface area contributed by atoms with Crippen LogP contribution in [0.15, 0.2) is 61.4 Å². The first kappa shape index (κ1) is 12.4. The van der Waals surface area contributed by atoms with Gasteiger partial charge in [0.15, 0.2) is 0 Å². The lowest BCUT2D eigenvalue weighted by atomic mass is 10.2. The van der Waals surface area contributed by atoms with Crippen molar-refractivity contribution in [2.24, 2.45) is 0 Å². The predicted octanol–water partition coefficient (Wildman–Crippen LogP) is 3.19. The number of benzene rings is 1. The van der Waals surface area contributed by atoms with Gasteiger partial charge in [-0.05, 0) is 36.2 Å². The van der Waals surface area contributed by atoms with Gasteiger partial charge >= 0.3 is 0 Å². The molecule has 0 saturated heterocycles. The third-order valence-electron chi connectivity index (χ3n) is 3.11. The van der Waals surface area contributed by atoms with Crippen molar-refractivity contribution in [3.63, 3.8) is 0 Å². The third kappa shape index (κ3) is 2.85. The quantitative estimate of drug-likeness (QED) is 0.787. The first-order valence-corrected chi connectivity index (χ1v) is 6.54. The Morgan fingerprint density at radius 1 is 1.10 bits per heavy atom. The molecule has 0 fully saturated rings. The Hall–Kier alpha value is -2.62. The summed E-state index contributed by atoms with van der Waals surface area (Å²) in [6.45, 7) is 2.83. The second-order valence-corrected chi connectivity index (χ2v) is 4.74. The van der Waals surface area contributed by atoms with Gasteiger partial charge in [-0.2, -0.15) is 0 Å². The van der Waals surface area contributed by atoms with Gasteiger partial charge in [0.25, 0.3) is 0 Å². The molecule has 3 aromatic rings. The van der Waals surface area contributed by atoms with Crippen LogP contribution in [0.4, 0.5) is 5.69 Å². The molecule has 0 aliphatic heterocycles. The Morgan fingerprint density at radius 2 is 1.95 bits per heavy atom. The van der Waals surface area contributed by atoms with Crippen molar-refractivity contribution in [3.8, 4) is 5.69 Å². The zero-order valence-electron chi connectivity index (χ0n) is 11.3. The average Bonchev–Trinajstić information content (AvgIpc) is 3.00. The lowest BCUT2D eigenvalue weighted by molar-refractivity contribution is 1.05. The minimum atomic E-state index is 0.787. The first-order valence-electron chi connectivity index (χ1n) is 6.54. The van der Waals surface area contributed by atoms with Crippen LogP contribution in [-0.2, 0) is 6.54 Å². The zero-order valence-corrected chi connectivity index (χ0v) is 11.3. The lowest BCUT2D eigenvalue weighted by Crippen LogP contribution is -2.00. The van der Waals surface area contributed by atoms with E-state index >= 15 is 0 Å². The van der Waals surface area contributed by atoms with Crippen molar-refractivity contribution in [2.45, 2.75) is 13.5 Å². The predicted molar refractivity (Wildman–Crippen MR) is 79.9 cm³/mol. The molecule has 0 unspecified atom stereocenters. The van der Waals surface area contributed by atoms with Crippen LogP contribution in [0.1, 0.15) is 11.1 Å². The highest BCUT2D eigenvalue weighted by Crippen LogP contribution is 2.12. The van der Waals surface area contributed by atoms with Crippen LogP contribution in [0.2, 0.25) is 0 Å². The van der Waals surface area contributed by atoms with Gasteiger partial charge in [0.1, 0.15) is 0 Å². The molecule has 0 radical (unpaired) electrons. The maximum atomic E-state index is 4.17. The molecule has 0 saturated carbocycles. The van der Waals surface area contributed by atoms with E-state index < -0.39 is 0 Å². The van der Waals surface area contributed by atoms with Gasteiger partial charge in [-0.25, -0.2) is 4.98 Å². The van der Waals surface area contributed by atoms with Gasteiger partial charge in [-0.3, -0.25) is 4.98 Å². The molecule has 0 aliphatic rings. The highest BCUT2D eigenvalue weighted by Gasteiger charge is 1.98. The molecule has 20 heavy (non-hydrogen) atoms. The molecule has 0 bridgehead atoms. The van der Waals surface area contributed by atoms with Gasteiger partial charge in [0.05, 0.1) is 12.0 Å². The van der Waals surface area contributed by atoms with Gasteiger partial charge < -0.3 is 9.88 Å².